The summed E-state index contributed by atoms with van der Waals surface area (Å²) in [5.41, 5.74) is 5.48. The van der Waals surface area contributed by atoms with E-state index in [0.717, 1.165) is 24.1 Å². The third-order valence-electron chi connectivity index (χ3n) is 4.93. The van der Waals surface area contributed by atoms with Crippen molar-refractivity contribution < 1.29 is 9.90 Å². The second kappa shape index (κ2) is 6.23. The highest BCUT2D eigenvalue weighted by Crippen LogP contribution is 2.23. The molecule has 7 nitrogen and oxygen atoms in total. The number of carbonyl (C=O) groups is 1. The average molecular weight is 339 g/mol. The van der Waals surface area contributed by atoms with Crippen LogP contribution in [0.15, 0.2) is 18.2 Å². The molecule has 0 unspecified atom stereocenters. The Morgan fingerprint density at radius 2 is 2.16 bits per heavy atom. The SMILES string of the molecule is Cn1c(NCc2n[nH]c3c2CCCCC3)nc2cc(C(=O)O)ccc21. The van der Waals surface area contributed by atoms with Crippen LogP contribution in [0.25, 0.3) is 11.0 Å². The normalized spacial score (nSPS) is 14.3. The maximum absolute atomic E-state index is 11.1. The van der Waals surface area contributed by atoms with E-state index >= 15 is 0 Å². The summed E-state index contributed by atoms with van der Waals surface area (Å²) >= 11 is 0. The number of rotatable bonds is 4. The molecule has 2 heterocycles. The summed E-state index contributed by atoms with van der Waals surface area (Å²) in [5, 5.41) is 20.1. The first-order chi connectivity index (χ1) is 12.1. The van der Waals surface area contributed by atoms with E-state index in [2.05, 4.69) is 20.5 Å². The van der Waals surface area contributed by atoms with E-state index in [0.29, 0.717) is 18.0 Å². The number of nitrogens with zero attached hydrogens (tertiary/aromatic N) is 3. The lowest BCUT2D eigenvalue weighted by Gasteiger charge is -2.06. The Labute approximate surface area is 145 Å². The zero-order valence-corrected chi connectivity index (χ0v) is 14.2. The third kappa shape index (κ3) is 2.86. The number of nitrogens with one attached hydrogen (secondary N) is 2. The van der Waals surface area contributed by atoms with Gasteiger partial charge in [-0.15, -0.1) is 0 Å². The van der Waals surface area contributed by atoms with E-state index in [1.807, 2.05) is 11.6 Å². The molecule has 130 valence electrons. The van der Waals surface area contributed by atoms with Gasteiger partial charge in [0.2, 0.25) is 5.95 Å². The number of anilines is 1. The number of hydrogen-bond donors (Lipinski definition) is 3. The Bertz CT molecular complexity index is 940. The predicted molar refractivity (Wildman–Crippen MR) is 94.8 cm³/mol. The van der Waals surface area contributed by atoms with Crippen LogP contribution in [0, 0.1) is 0 Å². The molecule has 25 heavy (non-hydrogen) atoms. The van der Waals surface area contributed by atoms with E-state index in [1.165, 1.54) is 30.5 Å². The van der Waals surface area contributed by atoms with Gasteiger partial charge in [0, 0.05) is 12.7 Å². The molecule has 0 bridgehead atoms. The fourth-order valence-electron chi connectivity index (χ4n) is 3.53. The molecule has 3 aromatic rings. The van der Waals surface area contributed by atoms with Gasteiger partial charge in [-0.3, -0.25) is 5.10 Å². The molecule has 1 aliphatic rings. The molecule has 0 saturated carbocycles. The Balaban J connectivity index is 1.58. The van der Waals surface area contributed by atoms with Crippen molar-refractivity contribution in [3.05, 3.63) is 40.7 Å². The van der Waals surface area contributed by atoms with E-state index < -0.39 is 5.97 Å². The fourth-order valence-corrected chi connectivity index (χ4v) is 3.53. The second-order valence-corrected chi connectivity index (χ2v) is 6.54. The van der Waals surface area contributed by atoms with Crippen LogP contribution >= 0.6 is 0 Å². The molecule has 7 heteroatoms. The number of H-pyrrole nitrogens is 1. The van der Waals surface area contributed by atoms with Crippen molar-refractivity contribution in [1.82, 2.24) is 19.7 Å². The minimum Gasteiger partial charge on any atom is -0.478 e. The highest BCUT2D eigenvalue weighted by atomic mass is 16.4. The van der Waals surface area contributed by atoms with Crippen LogP contribution < -0.4 is 5.32 Å². The first-order valence-corrected chi connectivity index (χ1v) is 8.62. The van der Waals surface area contributed by atoms with Gasteiger partial charge in [0.1, 0.15) is 0 Å². The van der Waals surface area contributed by atoms with Gasteiger partial charge in [0.25, 0.3) is 0 Å². The van der Waals surface area contributed by atoms with Gasteiger partial charge in [-0.05, 0) is 49.4 Å². The summed E-state index contributed by atoms with van der Waals surface area (Å²) in [4.78, 5) is 15.7. The molecule has 1 aliphatic carbocycles. The lowest BCUT2D eigenvalue weighted by atomic mass is 10.1. The third-order valence-corrected chi connectivity index (χ3v) is 4.93. The predicted octanol–water partition coefficient (Wildman–Crippen LogP) is 2.88. The van der Waals surface area contributed by atoms with Gasteiger partial charge in [-0.25, -0.2) is 9.78 Å². The van der Waals surface area contributed by atoms with Crippen LogP contribution in [0.5, 0.6) is 0 Å². The average Bonchev–Trinajstić information content (AvgIpc) is 3.03. The number of carboxylic acids is 1. The largest absolute Gasteiger partial charge is 0.478 e. The summed E-state index contributed by atoms with van der Waals surface area (Å²) in [6.45, 7) is 0.606. The van der Waals surface area contributed by atoms with Crippen molar-refractivity contribution in [2.45, 2.75) is 38.6 Å². The van der Waals surface area contributed by atoms with Crippen LogP contribution in [0.2, 0.25) is 0 Å². The topological polar surface area (TPSA) is 95.8 Å². The molecule has 0 fully saturated rings. The number of imidazole rings is 1. The van der Waals surface area contributed by atoms with Crippen molar-refractivity contribution in [1.29, 1.82) is 0 Å². The van der Waals surface area contributed by atoms with Crippen LogP contribution in [0.1, 0.15) is 46.6 Å². The molecule has 0 saturated heterocycles. The number of aromatic nitrogens is 4. The minimum absolute atomic E-state index is 0.245. The first kappa shape index (κ1) is 15.7. The highest BCUT2D eigenvalue weighted by Gasteiger charge is 2.16. The Kier molecular flexibility index (Phi) is 3.91. The molecule has 4 rings (SSSR count). The van der Waals surface area contributed by atoms with Crippen LogP contribution in [0.3, 0.4) is 0 Å². The standard InChI is InChI=1S/C18H21N5O2/c1-23-16-8-7-11(17(24)25)9-14(16)20-18(23)19-10-15-12-5-3-2-4-6-13(12)21-22-15/h7-9H,2-6,10H2,1H3,(H,19,20)(H,21,22)(H,24,25). The van der Waals surface area contributed by atoms with Gasteiger partial charge in [0.15, 0.2) is 0 Å². The smallest absolute Gasteiger partial charge is 0.335 e. The number of aromatic amines is 1. The van der Waals surface area contributed by atoms with Crippen molar-refractivity contribution >= 4 is 23.0 Å². The molecule has 0 amide bonds. The van der Waals surface area contributed by atoms with Crippen molar-refractivity contribution in [3.8, 4) is 0 Å². The molecule has 0 spiro atoms. The summed E-state index contributed by atoms with van der Waals surface area (Å²) < 4.78 is 1.94. The Morgan fingerprint density at radius 1 is 1.32 bits per heavy atom. The molecule has 1 aromatic carbocycles. The zero-order chi connectivity index (χ0) is 17.4. The summed E-state index contributed by atoms with van der Waals surface area (Å²) in [6, 6.07) is 4.99. The van der Waals surface area contributed by atoms with Gasteiger partial charge in [-0.1, -0.05) is 6.42 Å². The minimum atomic E-state index is -0.943. The summed E-state index contributed by atoms with van der Waals surface area (Å²) in [7, 11) is 1.92. The quantitative estimate of drug-likeness (QED) is 0.635. The van der Waals surface area contributed by atoms with Crippen LogP contribution in [-0.2, 0) is 26.4 Å². The molecule has 0 atom stereocenters. The Hall–Kier alpha value is -2.83. The second-order valence-electron chi connectivity index (χ2n) is 6.54. The molecule has 0 aliphatic heterocycles. The number of benzene rings is 1. The number of aromatic carboxylic acids is 1. The van der Waals surface area contributed by atoms with Gasteiger partial charge in [0.05, 0.1) is 28.8 Å². The maximum atomic E-state index is 11.1. The van der Waals surface area contributed by atoms with Gasteiger partial charge in [-0.2, -0.15) is 5.10 Å². The fraction of sp³-hybridized carbons (Fsp3) is 0.389. The number of carboxylic acid groups (broad SMARTS) is 1. The van der Waals surface area contributed by atoms with Crippen LogP contribution in [0.4, 0.5) is 5.95 Å². The number of aryl methyl sites for hydroxylation is 2. The van der Waals surface area contributed by atoms with Crippen molar-refractivity contribution in [2.24, 2.45) is 7.05 Å². The zero-order valence-electron chi connectivity index (χ0n) is 14.2. The molecular weight excluding hydrogens is 318 g/mol. The van der Waals surface area contributed by atoms with Gasteiger partial charge >= 0.3 is 5.97 Å². The Morgan fingerprint density at radius 3 is 3.00 bits per heavy atom. The molecule has 2 aromatic heterocycles. The maximum Gasteiger partial charge on any atom is 0.335 e. The molecular formula is C18H21N5O2. The van der Waals surface area contributed by atoms with E-state index in [4.69, 9.17) is 5.11 Å². The van der Waals surface area contributed by atoms with Gasteiger partial charge < -0.3 is 15.0 Å². The van der Waals surface area contributed by atoms with E-state index in [1.54, 1.807) is 18.2 Å². The van der Waals surface area contributed by atoms with Crippen molar-refractivity contribution in [2.75, 3.05) is 5.32 Å². The number of hydrogen-bond acceptors (Lipinski definition) is 4. The molecule has 0 radical (unpaired) electrons. The first-order valence-electron chi connectivity index (χ1n) is 8.62. The lowest BCUT2D eigenvalue weighted by Crippen LogP contribution is -2.07. The molecule has 3 N–H and O–H groups in total. The number of fused-ring (bicyclic) bond motifs is 2. The van der Waals surface area contributed by atoms with E-state index in [-0.39, 0.29) is 5.56 Å². The summed E-state index contributed by atoms with van der Waals surface area (Å²) in [5.74, 6) is -0.232. The highest BCUT2D eigenvalue weighted by molar-refractivity contribution is 5.93. The lowest BCUT2D eigenvalue weighted by molar-refractivity contribution is 0.0697. The van der Waals surface area contributed by atoms with Crippen LogP contribution in [-0.4, -0.2) is 30.8 Å². The van der Waals surface area contributed by atoms with Crippen molar-refractivity contribution in [3.63, 3.8) is 0 Å². The monoisotopic (exact) mass is 339 g/mol. The summed E-state index contributed by atoms with van der Waals surface area (Å²) in [6.07, 6.45) is 5.86. The van der Waals surface area contributed by atoms with E-state index in [9.17, 15) is 4.79 Å².